The van der Waals surface area contributed by atoms with E-state index in [1.165, 1.54) is 154 Å². The molecule has 0 spiro atoms. The number of hydrogen-bond donors (Lipinski definition) is 2. The zero-order valence-electron chi connectivity index (χ0n) is 27.1. The van der Waals surface area contributed by atoms with Crippen LogP contribution in [0.25, 0.3) is 0 Å². The van der Waals surface area contributed by atoms with Crippen molar-refractivity contribution >= 4 is 11.9 Å². The second-order valence-electron chi connectivity index (χ2n) is 11.8. The predicted molar refractivity (Wildman–Crippen MR) is 174 cm³/mol. The van der Waals surface area contributed by atoms with Crippen molar-refractivity contribution in [3.8, 4) is 0 Å². The lowest BCUT2D eigenvalue weighted by Crippen LogP contribution is -1.93. The molecule has 0 fully saturated rings. The third kappa shape index (κ3) is 43.7. The van der Waals surface area contributed by atoms with Crippen LogP contribution in [0.1, 0.15) is 206 Å². The normalized spacial score (nSPS) is 11.1. The third-order valence-electron chi connectivity index (χ3n) is 7.65. The average Bonchev–Trinajstić information content (AvgIpc) is 2.93. The number of rotatable bonds is 31. The number of hydrogen-bond acceptors (Lipinski definition) is 2. The van der Waals surface area contributed by atoms with E-state index in [4.69, 9.17) is 10.2 Å². The summed E-state index contributed by atoms with van der Waals surface area (Å²) >= 11 is 0. The van der Waals surface area contributed by atoms with Gasteiger partial charge >= 0.3 is 11.9 Å². The molecule has 0 aliphatic rings. The molecule has 0 aliphatic carbocycles. The molecule has 0 bridgehead atoms. The lowest BCUT2D eigenvalue weighted by molar-refractivity contribution is -0.138. The zero-order valence-corrected chi connectivity index (χ0v) is 27.1. The molecule has 0 saturated carbocycles. The molecule has 40 heavy (non-hydrogen) atoms. The molecule has 238 valence electrons. The van der Waals surface area contributed by atoms with Gasteiger partial charge in [0.1, 0.15) is 0 Å². The highest BCUT2D eigenvalue weighted by Gasteiger charge is 1.98. The van der Waals surface area contributed by atoms with Crippen LogP contribution in [-0.2, 0) is 9.59 Å². The maximum Gasteiger partial charge on any atom is 0.303 e. The third-order valence-corrected chi connectivity index (χ3v) is 7.65. The van der Waals surface area contributed by atoms with Gasteiger partial charge in [-0.25, -0.2) is 0 Å². The molecule has 0 rings (SSSR count). The van der Waals surface area contributed by atoms with Gasteiger partial charge in [0.15, 0.2) is 0 Å². The van der Waals surface area contributed by atoms with Gasteiger partial charge in [-0.05, 0) is 38.5 Å². The van der Waals surface area contributed by atoms with Crippen LogP contribution >= 0.6 is 0 Å². The smallest absolute Gasteiger partial charge is 0.303 e. The lowest BCUT2D eigenvalue weighted by atomic mass is 10.0. The molecule has 0 aromatic heterocycles. The minimum Gasteiger partial charge on any atom is -0.481 e. The van der Waals surface area contributed by atoms with E-state index in [0.717, 1.165) is 25.7 Å². The van der Waals surface area contributed by atoms with Crippen LogP contribution in [-0.4, -0.2) is 22.2 Å². The van der Waals surface area contributed by atoms with Crippen LogP contribution in [0.4, 0.5) is 0 Å². The van der Waals surface area contributed by atoms with Gasteiger partial charge in [0, 0.05) is 12.8 Å². The molecule has 2 N–H and O–H groups in total. The van der Waals surface area contributed by atoms with E-state index < -0.39 is 11.9 Å². The van der Waals surface area contributed by atoms with Gasteiger partial charge in [0.25, 0.3) is 0 Å². The van der Waals surface area contributed by atoms with Crippen molar-refractivity contribution in [2.24, 2.45) is 0 Å². The van der Waals surface area contributed by atoms with Crippen LogP contribution in [0.2, 0.25) is 0 Å². The molecular weight excluding hydrogens is 496 g/mol. The van der Waals surface area contributed by atoms with Crippen molar-refractivity contribution in [1.29, 1.82) is 0 Å². The van der Waals surface area contributed by atoms with Crippen LogP contribution in [0, 0.1) is 0 Å². The quantitative estimate of drug-likeness (QED) is 0.0646. The van der Waals surface area contributed by atoms with Crippen LogP contribution in [0.3, 0.4) is 0 Å². The first-order valence-corrected chi connectivity index (χ1v) is 17.6. The molecule has 4 nitrogen and oxygen atoms in total. The molecule has 0 radical (unpaired) electrons. The monoisotopic (exact) mass is 567 g/mol. The van der Waals surface area contributed by atoms with Crippen LogP contribution < -0.4 is 0 Å². The Labute approximate surface area is 250 Å². The number of carboxylic acids is 2. The van der Waals surface area contributed by atoms with E-state index in [-0.39, 0.29) is 0 Å². The summed E-state index contributed by atoms with van der Waals surface area (Å²) in [7, 11) is 0. The predicted octanol–water partition coefficient (Wildman–Crippen LogP) is 12.4. The van der Waals surface area contributed by atoms with E-state index in [0.29, 0.717) is 12.8 Å². The summed E-state index contributed by atoms with van der Waals surface area (Å²) in [6, 6.07) is 0. The molecule has 0 amide bonds. The summed E-state index contributed by atoms with van der Waals surface area (Å²) in [5, 5.41) is 17.0. The first-order chi connectivity index (χ1) is 19.5. The Hall–Kier alpha value is -1.32. The summed E-state index contributed by atoms with van der Waals surface area (Å²) in [6.45, 7) is 4.50. The first-order valence-electron chi connectivity index (χ1n) is 17.6. The second kappa shape index (κ2) is 37.7. The van der Waals surface area contributed by atoms with Gasteiger partial charge in [-0.15, -0.1) is 0 Å². The lowest BCUT2D eigenvalue weighted by Gasteiger charge is -2.02. The Morgan fingerprint density at radius 1 is 0.375 bits per heavy atom. The fourth-order valence-electron chi connectivity index (χ4n) is 4.99. The van der Waals surface area contributed by atoms with Gasteiger partial charge in [0.2, 0.25) is 0 Å². The maximum atomic E-state index is 10.4. The van der Waals surface area contributed by atoms with Gasteiger partial charge in [-0.3, -0.25) is 9.59 Å². The number of aliphatic carboxylic acids is 2. The second-order valence-corrected chi connectivity index (χ2v) is 11.8. The Bertz CT molecular complexity index is 529. The standard InChI is InChI=1S/C24H46O2.C12H24O2/c1-2-3-4-5-6-7-8-9-10-11-12-13-14-15-16-17-18-19-20-21-22-23-24(25)26;1-2-3-4-5-6-7-8-9-10-11-12(13)14/h9-10H,2-8,11-23H2,1H3,(H,25,26);2-11H2,1H3,(H,13,14). The van der Waals surface area contributed by atoms with Gasteiger partial charge in [-0.2, -0.15) is 0 Å². The van der Waals surface area contributed by atoms with Crippen molar-refractivity contribution in [2.45, 2.75) is 206 Å². The molecule has 0 aromatic carbocycles. The summed E-state index contributed by atoms with van der Waals surface area (Å²) in [4.78, 5) is 20.6. The Kier molecular flexibility index (Phi) is 38.5. The number of allylic oxidation sites excluding steroid dienone is 2. The van der Waals surface area contributed by atoms with Crippen molar-refractivity contribution in [3.63, 3.8) is 0 Å². The van der Waals surface area contributed by atoms with Crippen molar-refractivity contribution in [3.05, 3.63) is 12.2 Å². The molecule has 0 unspecified atom stereocenters. The van der Waals surface area contributed by atoms with Crippen molar-refractivity contribution in [1.82, 2.24) is 0 Å². The minimum absolute atomic E-state index is 0.342. The van der Waals surface area contributed by atoms with E-state index >= 15 is 0 Å². The first kappa shape index (κ1) is 40.8. The maximum absolute atomic E-state index is 10.4. The van der Waals surface area contributed by atoms with Crippen LogP contribution in [0.15, 0.2) is 12.2 Å². The Balaban J connectivity index is 0. The summed E-state index contributed by atoms with van der Waals surface area (Å²) in [5.41, 5.74) is 0. The zero-order chi connectivity index (χ0) is 29.8. The molecule has 0 saturated heterocycles. The summed E-state index contributed by atoms with van der Waals surface area (Å²) < 4.78 is 0. The van der Waals surface area contributed by atoms with Crippen molar-refractivity contribution < 1.29 is 19.8 Å². The highest BCUT2D eigenvalue weighted by molar-refractivity contribution is 5.66. The highest BCUT2D eigenvalue weighted by atomic mass is 16.4. The number of unbranched alkanes of at least 4 members (excludes halogenated alkanes) is 25. The molecule has 0 aliphatic heterocycles. The van der Waals surface area contributed by atoms with E-state index in [1.54, 1.807) is 0 Å². The summed E-state index contributed by atoms with van der Waals surface area (Å²) in [6.07, 6.45) is 41.6. The van der Waals surface area contributed by atoms with E-state index in [9.17, 15) is 9.59 Å². The topological polar surface area (TPSA) is 74.6 Å². The largest absolute Gasteiger partial charge is 0.481 e. The van der Waals surface area contributed by atoms with Gasteiger partial charge in [-0.1, -0.05) is 167 Å². The molecule has 0 aromatic rings. The summed E-state index contributed by atoms with van der Waals surface area (Å²) in [5.74, 6) is -1.31. The number of carbonyl (C=O) groups is 2. The highest BCUT2D eigenvalue weighted by Crippen LogP contribution is 2.13. The molecule has 0 heterocycles. The van der Waals surface area contributed by atoms with Gasteiger partial charge in [0.05, 0.1) is 0 Å². The molecule has 0 atom stereocenters. The SMILES string of the molecule is CCCCCCCCC=CCCCCCCCCCCCCCC(=O)O.CCCCCCCCCCCC(=O)O. The Morgan fingerprint density at radius 2 is 0.600 bits per heavy atom. The molecular formula is C36H70O4. The van der Waals surface area contributed by atoms with Crippen molar-refractivity contribution in [2.75, 3.05) is 0 Å². The van der Waals surface area contributed by atoms with E-state index in [2.05, 4.69) is 26.0 Å². The molecule has 4 heteroatoms. The van der Waals surface area contributed by atoms with Gasteiger partial charge < -0.3 is 10.2 Å². The Morgan fingerprint density at radius 3 is 0.850 bits per heavy atom. The number of carboxylic acid groups (broad SMARTS) is 2. The van der Waals surface area contributed by atoms with E-state index in [1.807, 2.05) is 0 Å². The minimum atomic E-state index is -0.659. The fraction of sp³-hybridized carbons (Fsp3) is 0.889. The average molecular weight is 567 g/mol. The van der Waals surface area contributed by atoms with Crippen LogP contribution in [0.5, 0.6) is 0 Å². The fourth-order valence-corrected chi connectivity index (χ4v) is 4.99.